The molecule has 0 bridgehead atoms. The SMILES string of the molecule is CN[C@H]1CC2(CCN(C(=O)c3ccccc3OC)CC2)OC[C@]1(C)O. The Balaban J connectivity index is 1.67. The topological polar surface area (TPSA) is 71.0 Å². The monoisotopic (exact) mass is 348 g/mol. The fraction of sp³-hybridized carbons (Fsp3) is 0.632. The Morgan fingerprint density at radius 2 is 2.04 bits per heavy atom. The van der Waals surface area contributed by atoms with E-state index in [1.165, 1.54) is 0 Å². The van der Waals surface area contributed by atoms with E-state index in [0.29, 0.717) is 31.0 Å². The number of hydrogen-bond acceptors (Lipinski definition) is 5. The molecule has 0 radical (unpaired) electrons. The number of likely N-dealkylation sites (N-methyl/N-ethyl adjacent to an activating group) is 1. The Bertz CT molecular complexity index is 624. The third-order valence-electron chi connectivity index (χ3n) is 5.65. The van der Waals surface area contributed by atoms with Gasteiger partial charge in [0.15, 0.2) is 0 Å². The van der Waals surface area contributed by atoms with E-state index in [1.54, 1.807) is 20.1 Å². The van der Waals surface area contributed by atoms with Crippen LogP contribution in [0.2, 0.25) is 0 Å². The van der Waals surface area contributed by atoms with E-state index in [1.807, 2.05) is 30.1 Å². The number of hydrogen-bond donors (Lipinski definition) is 2. The number of carbonyl (C=O) groups is 1. The van der Waals surface area contributed by atoms with Crippen molar-refractivity contribution in [3.05, 3.63) is 29.8 Å². The van der Waals surface area contributed by atoms with Crippen molar-refractivity contribution in [3.63, 3.8) is 0 Å². The number of rotatable bonds is 3. The van der Waals surface area contributed by atoms with Crippen LogP contribution in [0.4, 0.5) is 0 Å². The fourth-order valence-corrected chi connectivity index (χ4v) is 3.92. The van der Waals surface area contributed by atoms with E-state index in [0.717, 1.165) is 19.3 Å². The highest BCUT2D eigenvalue weighted by molar-refractivity contribution is 5.97. The number of benzene rings is 1. The Kier molecular flexibility index (Phi) is 5.04. The van der Waals surface area contributed by atoms with Crippen LogP contribution in [-0.4, -0.2) is 67.0 Å². The molecule has 0 aliphatic carbocycles. The molecule has 0 aromatic heterocycles. The molecule has 1 aromatic carbocycles. The van der Waals surface area contributed by atoms with Crippen LogP contribution in [0, 0.1) is 0 Å². The van der Waals surface area contributed by atoms with Crippen LogP contribution in [0.25, 0.3) is 0 Å². The van der Waals surface area contributed by atoms with E-state index in [9.17, 15) is 9.90 Å². The number of amides is 1. The van der Waals surface area contributed by atoms with Crippen molar-refractivity contribution in [3.8, 4) is 5.75 Å². The fourth-order valence-electron chi connectivity index (χ4n) is 3.92. The molecule has 2 aliphatic heterocycles. The third-order valence-corrected chi connectivity index (χ3v) is 5.65. The molecule has 1 spiro atoms. The van der Waals surface area contributed by atoms with Crippen molar-refractivity contribution in [2.45, 2.75) is 43.4 Å². The van der Waals surface area contributed by atoms with Crippen LogP contribution in [-0.2, 0) is 4.74 Å². The molecule has 0 unspecified atom stereocenters. The number of para-hydroxylation sites is 1. The van der Waals surface area contributed by atoms with Gasteiger partial charge in [0, 0.05) is 19.1 Å². The van der Waals surface area contributed by atoms with Crippen molar-refractivity contribution in [2.75, 3.05) is 33.9 Å². The molecule has 1 aromatic rings. The molecule has 2 heterocycles. The Morgan fingerprint density at radius 3 is 2.68 bits per heavy atom. The maximum Gasteiger partial charge on any atom is 0.257 e. The average Bonchev–Trinajstić information content (AvgIpc) is 2.64. The summed E-state index contributed by atoms with van der Waals surface area (Å²) in [5.74, 6) is 0.605. The summed E-state index contributed by atoms with van der Waals surface area (Å²) in [7, 11) is 3.45. The van der Waals surface area contributed by atoms with Gasteiger partial charge in [0.2, 0.25) is 0 Å². The van der Waals surface area contributed by atoms with Gasteiger partial charge in [-0.25, -0.2) is 0 Å². The van der Waals surface area contributed by atoms with Gasteiger partial charge in [-0.1, -0.05) is 12.1 Å². The van der Waals surface area contributed by atoms with E-state index >= 15 is 0 Å². The summed E-state index contributed by atoms with van der Waals surface area (Å²) in [5, 5.41) is 13.6. The van der Waals surface area contributed by atoms with Crippen LogP contribution >= 0.6 is 0 Å². The number of methoxy groups -OCH3 is 1. The van der Waals surface area contributed by atoms with Gasteiger partial charge in [0.05, 0.1) is 24.9 Å². The molecular weight excluding hydrogens is 320 g/mol. The van der Waals surface area contributed by atoms with Crippen LogP contribution in [0.3, 0.4) is 0 Å². The molecule has 2 fully saturated rings. The molecule has 1 amide bonds. The van der Waals surface area contributed by atoms with Gasteiger partial charge in [0.1, 0.15) is 11.4 Å². The highest BCUT2D eigenvalue weighted by Crippen LogP contribution is 2.38. The van der Waals surface area contributed by atoms with Gasteiger partial charge in [0.25, 0.3) is 5.91 Å². The molecule has 25 heavy (non-hydrogen) atoms. The summed E-state index contributed by atoms with van der Waals surface area (Å²) in [6.45, 7) is 3.42. The Labute approximate surface area is 149 Å². The number of aliphatic hydroxyl groups is 1. The van der Waals surface area contributed by atoms with Crippen molar-refractivity contribution < 1.29 is 19.4 Å². The van der Waals surface area contributed by atoms with Crippen LogP contribution < -0.4 is 10.1 Å². The summed E-state index contributed by atoms with van der Waals surface area (Å²) < 4.78 is 11.4. The number of likely N-dealkylation sites (tertiary alicyclic amines) is 1. The van der Waals surface area contributed by atoms with Crippen molar-refractivity contribution in [1.82, 2.24) is 10.2 Å². The van der Waals surface area contributed by atoms with Gasteiger partial charge in [-0.3, -0.25) is 4.79 Å². The molecule has 2 atom stereocenters. The zero-order valence-corrected chi connectivity index (χ0v) is 15.2. The highest BCUT2D eigenvalue weighted by atomic mass is 16.5. The molecule has 6 heteroatoms. The third kappa shape index (κ3) is 3.52. The van der Waals surface area contributed by atoms with Crippen LogP contribution in [0.1, 0.15) is 36.5 Å². The number of ether oxygens (including phenoxy) is 2. The number of piperidine rings is 1. The Hall–Kier alpha value is -1.63. The first-order valence-corrected chi connectivity index (χ1v) is 8.87. The first-order valence-electron chi connectivity index (χ1n) is 8.87. The first kappa shape index (κ1) is 18.2. The predicted octanol–water partition coefficient (Wildman–Crippen LogP) is 1.43. The standard InChI is InChI=1S/C19H28N2O4/c1-18(23)13-25-19(12-16(18)20-2)8-10-21(11-9-19)17(22)14-6-4-5-7-15(14)24-3/h4-7,16,20,23H,8-13H2,1-3H3/t16-,18-/m0/s1. The van der Waals surface area contributed by atoms with Gasteiger partial charge in [-0.15, -0.1) is 0 Å². The minimum absolute atomic E-state index is 0.000252. The van der Waals surface area contributed by atoms with Gasteiger partial charge < -0.3 is 24.8 Å². The molecule has 0 saturated carbocycles. The van der Waals surface area contributed by atoms with Gasteiger partial charge in [-0.05, 0) is 45.4 Å². The van der Waals surface area contributed by atoms with E-state index in [2.05, 4.69) is 5.32 Å². The molecular formula is C19H28N2O4. The molecule has 6 nitrogen and oxygen atoms in total. The average molecular weight is 348 g/mol. The summed E-state index contributed by atoms with van der Waals surface area (Å²) in [4.78, 5) is 14.7. The summed E-state index contributed by atoms with van der Waals surface area (Å²) in [6.07, 6.45) is 2.32. The van der Waals surface area contributed by atoms with Gasteiger partial charge >= 0.3 is 0 Å². The predicted molar refractivity (Wildman–Crippen MR) is 94.9 cm³/mol. The lowest BCUT2D eigenvalue weighted by Gasteiger charge is -2.50. The summed E-state index contributed by atoms with van der Waals surface area (Å²) in [6, 6.07) is 7.32. The molecule has 3 rings (SSSR count). The summed E-state index contributed by atoms with van der Waals surface area (Å²) >= 11 is 0. The summed E-state index contributed by atoms with van der Waals surface area (Å²) in [5.41, 5.74) is -0.515. The zero-order chi connectivity index (χ0) is 18.1. The number of nitrogens with zero attached hydrogens (tertiary/aromatic N) is 1. The zero-order valence-electron chi connectivity index (χ0n) is 15.2. The second-order valence-corrected chi connectivity index (χ2v) is 7.37. The minimum atomic E-state index is -0.857. The van der Waals surface area contributed by atoms with Crippen LogP contribution in [0.15, 0.2) is 24.3 Å². The molecule has 2 N–H and O–H groups in total. The lowest BCUT2D eigenvalue weighted by Crippen LogP contribution is -2.62. The normalized spacial score (nSPS) is 28.8. The van der Waals surface area contributed by atoms with E-state index in [-0.39, 0.29) is 17.6 Å². The minimum Gasteiger partial charge on any atom is -0.496 e. The van der Waals surface area contributed by atoms with Crippen molar-refractivity contribution >= 4 is 5.91 Å². The van der Waals surface area contributed by atoms with E-state index < -0.39 is 5.60 Å². The van der Waals surface area contributed by atoms with Gasteiger partial charge in [-0.2, -0.15) is 0 Å². The lowest BCUT2D eigenvalue weighted by atomic mass is 9.77. The van der Waals surface area contributed by atoms with Crippen molar-refractivity contribution in [2.24, 2.45) is 0 Å². The maximum absolute atomic E-state index is 12.8. The first-order chi connectivity index (χ1) is 11.9. The maximum atomic E-state index is 12.8. The van der Waals surface area contributed by atoms with Crippen LogP contribution in [0.5, 0.6) is 5.75 Å². The molecule has 2 saturated heterocycles. The number of carbonyl (C=O) groups excluding carboxylic acids is 1. The largest absolute Gasteiger partial charge is 0.496 e. The Morgan fingerprint density at radius 1 is 1.36 bits per heavy atom. The molecule has 2 aliphatic rings. The second kappa shape index (κ2) is 6.94. The number of nitrogens with one attached hydrogen (secondary N) is 1. The quantitative estimate of drug-likeness (QED) is 0.865. The lowest BCUT2D eigenvalue weighted by molar-refractivity contribution is -0.189. The van der Waals surface area contributed by atoms with Crippen molar-refractivity contribution in [1.29, 1.82) is 0 Å². The van der Waals surface area contributed by atoms with E-state index in [4.69, 9.17) is 9.47 Å². The highest BCUT2D eigenvalue weighted by Gasteiger charge is 2.48. The smallest absolute Gasteiger partial charge is 0.257 e. The second-order valence-electron chi connectivity index (χ2n) is 7.37. The molecule has 138 valence electrons.